The van der Waals surface area contributed by atoms with E-state index in [9.17, 15) is 4.79 Å². The zero-order valence-corrected chi connectivity index (χ0v) is 17.8. The van der Waals surface area contributed by atoms with Gasteiger partial charge in [0, 0.05) is 25.3 Å². The van der Waals surface area contributed by atoms with Gasteiger partial charge in [0.15, 0.2) is 5.96 Å². The quantitative estimate of drug-likeness (QED) is 0.409. The maximum Gasteiger partial charge on any atom is 0.411 e. The third kappa shape index (κ3) is 6.72. The van der Waals surface area contributed by atoms with Crippen LogP contribution in [0.3, 0.4) is 0 Å². The van der Waals surface area contributed by atoms with E-state index < -0.39 is 6.09 Å². The Kier molecular flexibility index (Phi) is 8.47. The zero-order chi connectivity index (χ0) is 17.6. The lowest BCUT2D eigenvalue weighted by Gasteiger charge is -2.23. The smallest absolute Gasteiger partial charge is 0.411 e. The van der Waals surface area contributed by atoms with E-state index in [-0.39, 0.29) is 24.0 Å². The predicted molar refractivity (Wildman–Crippen MR) is 113 cm³/mol. The molecule has 1 aliphatic heterocycles. The Morgan fingerprint density at radius 3 is 2.52 bits per heavy atom. The lowest BCUT2D eigenvalue weighted by Crippen LogP contribution is -2.40. The number of hydrogen-bond acceptors (Lipinski definition) is 3. The molecule has 1 heterocycles. The molecule has 1 amide bonds. The number of methoxy groups -OCH3 is 1. The topological polar surface area (TPSA) is 66.0 Å². The van der Waals surface area contributed by atoms with Gasteiger partial charge in [-0.2, -0.15) is 0 Å². The molecule has 25 heavy (non-hydrogen) atoms. The van der Waals surface area contributed by atoms with E-state index in [4.69, 9.17) is 4.99 Å². The Morgan fingerprint density at radius 2 is 2.00 bits per heavy atom. The molecule has 0 spiro atoms. The SMILES string of the molecule is CCNC(=NCc1ccc(NC(=O)OC)cc1)N1CCC(C)(C)C1.I. The van der Waals surface area contributed by atoms with Crippen LogP contribution in [0, 0.1) is 5.41 Å². The second-order valence-electron chi connectivity index (χ2n) is 6.82. The van der Waals surface area contributed by atoms with Crippen LogP contribution in [0.15, 0.2) is 29.3 Å². The number of anilines is 1. The molecule has 1 aromatic carbocycles. The Labute approximate surface area is 167 Å². The summed E-state index contributed by atoms with van der Waals surface area (Å²) in [6.07, 6.45) is 0.720. The summed E-state index contributed by atoms with van der Waals surface area (Å²) in [5.41, 5.74) is 2.15. The van der Waals surface area contributed by atoms with Gasteiger partial charge in [0.25, 0.3) is 0 Å². The monoisotopic (exact) mass is 460 g/mol. The van der Waals surface area contributed by atoms with E-state index >= 15 is 0 Å². The van der Waals surface area contributed by atoms with Gasteiger partial charge in [-0.3, -0.25) is 5.32 Å². The van der Waals surface area contributed by atoms with Crippen molar-refractivity contribution < 1.29 is 9.53 Å². The maximum atomic E-state index is 11.2. The molecule has 1 fully saturated rings. The second kappa shape index (κ2) is 9.84. The second-order valence-corrected chi connectivity index (χ2v) is 6.82. The molecular formula is C18H29IN4O2. The number of hydrogen-bond donors (Lipinski definition) is 2. The molecule has 0 aromatic heterocycles. The number of carbonyl (C=O) groups excluding carboxylic acids is 1. The van der Waals surface area contributed by atoms with Crippen molar-refractivity contribution in [2.75, 3.05) is 32.1 Å². The number of benzene rings is 1. The van der Waals surface area contributed by atoms with Crippen LogP contribution in [0.4, 0.5) is 10.5 Å². The molecule has 140 valence electrons. The molecule has 1 saturated heterocycles. The van der Waals surface area contributed by atoms with Crippen molar-refractivity contribution in [2.45, 2.75) is 33.7 Å². The highest BCUT2D eigenvalue weighted by molar-refractivity contribution is 14.0. The van der Waals surface area contributed by atoms with E-state index in [0.29, 0.717) is 17.6 Å². The highest BCUT2D eigenvalue weighted by Crippen LogP contribution is 2.28. The number of ether oxygens (including phenoxy) is 1. The first-order valence-electron chi connectivity index (χ1n) is 8.41. The fourth-order valence-corrected chi connectivity index (χ4v) is 2.75. The number of nitrogens with zero attached hydrogens (tertiary/aromatic N) is 2. The third-order valence-electron chi connectivity index (χ3n) is 4.11. The fourth-order valence-electron chi connectivity index (χ4n) is 2.75. The Hall–Kier alpha value is -1.51. The van der Waals surface area contributed by atoms with Crippen LogP contribution in [0.25, 0.3) is 0 Å². The highest BCUT2D eigenvalue weighted by Gasteiger charge is 2.30. The van der Waals surface area contributed by atoms with Crippen LogP contribution in [0.1, 0.15) is 32.8 Å². The normalized spacial score (nSPS) is 16.2. The van der Waals surface area contributed by atoms with Crippen molar-refractivity contribution in [3.8, 4) is 0 Å². The van der Waals surface area contributed by atoms with Crippen LogP contribution in [-0.2, 0) is 11.3 Å². The molecule has 0 bridgehead atoms. The molecule has 0 unspecified atom stereocenters. The third-order valence-corrected chi connectivity index (χ3v) is 4.11. The molecule has 1 aliphatic rings. The fraction of sp³-hybridized carbons (Fsp3) is 0.556. The molecule has 0 radical (unpaired) electrons. The Morgan fingerprint density at radius 1 is 1.32 bits per heavy atom. The molecule has 0 saturated carbocycles. The summed E-state index contributed by atoms with van der Waals surface area (Å²) in [4.78, 5) is 18.3. The maximum absolute atomic E-state index is 11.2. The Balaban J connectivity index is 0.00000312. The first kappa shape index (κ1) is 21.5. The summed E-state index contributed by atoms with van der Waals surface area (Å²) in [5.74, 6) is 0.972. The van der Waals surface area contributed by atoms with Gasteiger partial charge in [0.2, 0.25) is 0 Å². The zero-order valence-electron chi connectivity index (χ0n) is 15.5. The largest absolute Gasteiger partial charge is 0.453 e. The number of carbonyl (C=O) groups is 1. The molecular weight excluding hydrogens is 431 g/mol. The minimum Gasteiger partial charge on any atom is -0.453 e. The number of aliphatic imine (C=N–C) groups is 1. The molecule has 0 aliphatic carbocycles. The molecule has 7 heteroatoms. The van der Waals surface area contributed by atoms with Gasteiger partial charge in [-0.1, -0.05) is 26.0 Å². The number of nitrogens with one attached hydrogen (secondary N) is 2. The minimum absolute atomic E-state index is 0. The average molecular weight is 460 g/mol. The number of amides is 1. The molecule has 0 atom stereocenters. The van der Waals surface area contributed by atoms with Gasteiger partial charge in [0.1, 0.15) is 0 Å². The summed E-state index contributed by atoms with van der Waals surface area (Å²) in [7, 11) is 1.35. The van der Waals surface area contributed by atoms with E-state index in [1.165, 1.54) is 13.5 Å². The number of guanidine groups is 1. The van der Waals surface area contributed by atoms with Gasteiger partial charge in [-0.05, 0) is 36.5 Å². The molecule has 2 N–H and O–H groups in total. The van der Waals surface area contributed by atoms with Crippen LogP contribution in [0.2, 0.25) is 0 Å². The predicted octanol–water partition coefficient (Wildman–Crippen LogP) is 3.68. The van der Waals surface area contributed by atoms with Gasteiger partial charge in [0.05, 0.1) is 13.7 Å². The molecule has 1 aromatic rings. The average Bonchev–Trinajstić information content (AvgIpc) is 2.92. The first-order chi connectivity index (χ1) is 11.4. The summed E-state index contributed by atoms with van der Waals surface area (Å²) >= 11 is 0. The van der Waals surface area contributed by atoms with Crippen LogP contribution >= 0.6 is 24.0 Å². The lowest BCUT2D eigenvalue weighted by atomic mass is 9.93. The Bertz CT molecular complexity index is 587. The standard InChI is InChI=1S/C18H28N4O2.HI/c1-5-19-16(22-11-10-18(2,3)13-22)20-12-14-6-8-15(9-7-14)21-17(23)24-4;/h6-9H,5,10-13H2,1-4H3,(H,19,20)(H,21,23);1H. The van der Waals surface area contributed by atoms with Crippen LogP contribution in [-0.4, -0.2) is 43.7 Å². The summed E-state index contributed by atoms with van der Waals surface area (Å²) in [6.45, 7) is 10.2. The van der Waals surface area contributed by atoms with Crippen LogP contribution in [0.5, 0.6) is 0 Å². The molecule has 2 rings (SSSR count). The van der Waals surface area contributed by atoms with E-state index in [1.807, 2.05) is 24.3 Å². The van der Waals surface area contributed by atoms with Gasteiger partial charge in [-0.25, -0.2) is 9.79 Å². The summed E-state index contributed by atoms with van der Waals surface area (Å²) in [6, 6.07) is 7.64. The van der Waals surface area contributed by atoms with E-state index in [0.717, 1.165) is 31.2 Å². The first-order valence-corrected chi connectivity index (χ1v) is 8.41. The minimum atomic E-state index is -0.466. The van der Waals surface area contributed by atoms with Crippen molar-refractivity contribution in [1.82, 2.24) is 10.2 Å². The van der Waals surface area contributed by atoms with Crippen LogP contribution < -0.4 is 10.6 Å². The number of rotatable bonds is 4. The van der Waals surface area contributed by atoms with Crippen molar-refractivity contribution >= 4 is 41.7 Å². The van der Waals surface area contributed by atoms with Gasteiger partial charge < -0.3 is 15.0 Å². The number of halogens is 1. The summed E-state index contributed by atoms with van der Waals surface area (Å²) < 4.78 is 4.58. The van der Waals surface area contributed by atoms with Crippen molar-refractivity contribution in [3.63, 3.8) is 0 Å². The number of likely N-dealkylation sites (tertiary alicyclic amines) is 1. The lowest BCUT2D eigenvalue weighted by molar-refractivity contribution is 0.187. The summed E-state index contributed by atoms with van der Waals surface area (Å²) in [5, 5.41) is 6.02. The van der Waals surface area contributed by atoms with Crippen molar-refractivity contribution in [2.24, 2.45) is 10.4 Å². The van der Waals surface area contributed by atoms with Gasteiger partial charge >= 0.3 is 6.09 Å². The van der Waals surface area contributed by atoms with Crippen molar-refractivity contribution in [1.29, 1.82) is 0 Å². The van der Waals surface area contributed by atoms with Gasteiger partial charge in [-0.15, -0.1) is 24.0 Å². The van der Waals surface area contributed by atoms with E-state index in [2.05, 4.69) is 41.0 Å². The highest BCUT2D eigenvalue weighted by atomic mass is 127. The van der Waals surface area contributed by atoms with E-state index in [1.54, 1.807) is 0 Å². The van der Waals surface area contributed by atoms with Crippen molar-refractivity contribution in [3.05, 3.63) is 29.8 Å². The molecule has 6 nitrogen and oxygen atoms in total.